The summed E-state index contributed by atoms with van der Waals surface area (Å²) in [5, 5.41) is 0. The van der Waals surface area contributed by atoms with Crippen LogP contribution in [0.4, 0.5) is 0 Å². The highest BCUT2D eigenvalue weighted by molar-refractivity contribution is 7.99. The van der Waals surface area contributed by atoms with Crippen molar-refractivity contribution in [3.8, 4) is 0 Å². The number of nitrogens with one attached hydrogen (secondary N) is 1. The highest BCUT2D eigenvalue weighted by Crippen LogP contribution is 2.20. The maximum absolute atomic E-state index is 11.8. The molecular weight excluding hydrogens is 202 g/mol. The molecule has 0 saturated heterocycles. The summed E-state index contributed by atoms with van der Waals surface area (Å²) in [4.78, 5) is 16.7. The van der Waals surface area contributed by atoms with Gasteiger partial charge in [-0.1, -0.05) is 0 Å². The molecule has 1 aromatic heterocycles. The van der Waals surface area contributed by atoms with Crippen LogP contribution in [0.1, 0.15) is 11.4 Å². The molecule has 0 amide bonds. The van der Waals surface area contributed by atoms with Crippen LogP contribution in [0.5, 0.6) is 0 Å². The van der Waals surface area contributed by atoms with Gasteiger partial charge in [0.25, 0.3) is 0 Å². The van der Waals surface area contributed by atoms with Crippen LogP contribution in [0.3, 0.4) is 0 Å². The van der Waals surface area contributed by atoms with Crippen LogP contribution in [0.2, 0.25) is 0 Å². The standard InChI is InChI=1S/C9H13NOS2/c1-5-8(12-3)7(11)9(13-4)6(2)10-5/h1-4H3,(H,10,11). The van der Waals surface area contributed by atoms with Gasteiger partial charge in [-0.2, -0.15) is 0 Å². The molecule has 1 rings (SSSR count). The SMILES string of the molecule is CSc1c(C)[nH]c(C)c(SC)c1=O. The minimum atomic E-state index is 0.161. The molecule has 1 heterocycles. The van der Waals surface area contributed by atoms with E-state index in [2.05, 4.69) is 4.98 Å². The van der Waals surface area contributed by atoms with Crippen molar-refractivity contribution in [2.24, 2.45) is 0 Å². The van der Waals surface area contributed by atoms with E-state index < -0.39 is 0 Å². The van der Waals surface area contributed by atoms with Gasteiger partial charge in [0.1, 0.15) is 0 Å². The van der Waals surface area contributed by atoms with Crippen LogP contribution < -0.4 is 5.43 Å². The van der Waals surface area contributed by atoms with Crippen molar-refractivity contribution in [1.82, 2.24) is 4.98 Å². The fourth-order valence-corrected chi connectivity index (χ4v) is 2.68. The average Bonchev–Trinajstić information content (AvgIpc) is 2.04. The summed E-state index contributed by atoms with van der Waals surface area (Å²) in [5.41, 5.74) is 2.09. The highest BCUT2D eigenvalue weighted by Gasteiger charge is 2.10. The van der Waals surface area contributed by atoms with Crippen LogP contribution >= 0.6 is 23.5 Å². The summed E-state index contributed by atoms with van der Waals surface area (Å²) in [6.45, 7) is 3.87. The molecule has 0 atom stereocenters. The number of hydrogen-bond donors (Lipinski definition) is 1. The molecule has 72 valence electrons. The highest BCUT2D eigenvalue weighted by atomic mass is 32.2. The van der Waals surface area contributed by atoms with Gasteiger partial charge in [0, 0.05) is 11.4 Å². The Hall–Kier alpha value is -0.350. The number of pyridine rings is 1. The summed E-state index contributed by atoms with van der Waals surface area (Å²) in [5.74, 6) is 0. The van der Waals surface area contributed by atoms with Crippen molar-refractivity contribution in [2.45, 2.75) is 23.6 Å². The third-order valence-corrected chi connectivity index (χ3v) is 3.68. The molecule has 2 nitrogen and oxygen atoms in total. The Morgan fingerprint density at radius 3 is 1.69 bits per heavy atom. The molecule has 0 spiro atoms. The molecule has 0 aliphatic heterocycles. The second-order valence-corrected chi connectivity index (χ2v) is 4.40. The molecule has 4 heteroatoms. The predicted octanol–water partition coefficient (Wildman–Crippen LogP) is 2.44. The largest absolute Gasteiger partial charge is 0.361 e. The molecular formula is C9H13NOS2. The first-order chi connectivity index (χ1) is 6.11. The Kier molecular flexibility index (Phi) is 3.50. The van der Waals surface area contributed by atoms with E-state index in [1.807, 2.05) is 26.4 Å². The van der Waals surface area contributed by atoms with E-state index in [0.29, 0.717) is 0 Å². The molecule has 0 saturated carbocycles. The molecule has 0 aromatic carbocycles. The van der Waals surface area contributed by atoms with Crippen LogP contribution in [0.25, 0.3) is 0 Å². The number of aromatic nitrogens is 1. The molecule has 0 aliphatic rings. The van der Waals surface area contributed by atoms with Crippen molar-refractivity contribution >= 4 is 23.5 Å². The molecule has 13 heavy (non-hydrogen) atoms. The van der Waals surface area contributed by atoms with Gasteiger partial charge in [0.05, 0.1) is 9.79 Å². The zero-order valence-corrected chi connectivity index (χ0v) is 9.86. The van der Waals surface area contributed by atoms with E-state index in [4.69, 9.17) is 0 Å². The number of thioether (sulfide) groups is 2. The second kappa shape index (κ2) is 4.24. The van der Waals surface area contributed by atoms with Gasteiger partial charge >= 0.3 is 0 Å². The molecule has 0 aliphatic carbocycles. The Bertz CT molecular complexity index is 339. The molecule has 1 N–H and O–H groups in total. The second-order valence-electron chi connectivity index (χ2n) is 2.77. The normalized spacial score (nSPS) is 10.5. The third kappa shape index (κ3) is 1.94. The van der Waals surface area contributed by atoms with E-state index in [9.17, 15) is 4.79 Å². The van der Waals surface area contributed by atoms with E-state index in [1.165, 1.54) is 23.5 Å². The number of H-pyrrole nitrogens is 1. The summed E-state index contributed by atoms with van der Waals surface area (Å²) in [6, 6.07) is 0. The Morgan fingerprint density at radius 1 is 1.00 bits per heavy atom. The lowest BCUT2D eigenvalue weighted by Gasteiger charge is -2.07. The zero-order valence-electron chi connectivity index (χ0n) is 8.22. The number of aryl methyl sites for hydroxylation is 2. The summed E-state index contributed by atoms with van der Waals surface area (Å²) < 4.78 is 0. The van der Waals surface area contributed by atoms with Crippen molar-refractivity contribution in [1.29, 1.82) is 0 Å². The minimum absolute atomic E-state index is 0.161. The minimum Gasteiger partial charge on any atom is -0.361 e. The lowest BCUT2D eigenvalue weighted by molar-refractivity contribution is 0.972. The zero-order chi connectivity index (χ0) is 10.0. The summed E-state index contributed by atoms with van der Waals surface area (Å²) in [7, 11) is 0. The smallest absolute Gasteiger partial charge is 0.209 e. The average molecular weight is 215 g/mol. The van der Waals surface area contributed by atoms with Gasteiger partial charge in [0.15, 0.2) is 0 Å². The monoisotopic (exact) mass is 215 g/mol. The summed E-state index contributed by atoms with van der Waals surface area (Å²) >= 11 is 3.01. The van der Waals surface area contributed by atoms with Crippen molar-refractivity contribution < 1.29 is 0 Å². The van der Waals surface area contributed by atoms with Crippen molar-refractivity contribution in [2.75, 3.05) is 12.5 Å². The first-order valence-corrected chi connectivity index (χ1v) is 6.38. The Labute approximate surface area is 86.5 Å². The van der Waals surface area contributed by atoms with Gasteiger partial charge < -0.3 is 4.98 Å². The topological polar surface area (TPSA) is 32.9 Å². The molecule has 0 unspecified atom stereocenters. The van der Waals surface area contributed by atoms with Gasteiger partial charge in [-0.3, -0.25) is 4.79 Å². The lowest BCUT2D eigenvalue weighted by Crippen LogP contribution is -2.12. The van der Waals surface area contributed by atoms with Crippen LogP contribution in [0, 0.1) is 13.8 Å². The molecule has 0 bridgehead atoms. The molecule has 1 aromatic rings. The predicted molar refractivity (Wildman–Crippen MR) is 60.1 cm³/mol. The first kappa shape index (κ1) is 10.7. The molecule has 0 radical (unpaired) electrons. The fourth-order valence-electron chi connectivity index (χ4n) is 1.33. The van der Waals surface area contributed by atoms with Gasteiger partial charge in [0.2, 0.25) is 5.43 Å². The quantitative estimate of drug-likeness (QED) is 0.769. The van der Waals surface area contributed by atoms with Crippen LogP contribution in [-0.4, -0.2) is 17.5 Å². The van der Waals surface area contributed by atoms with Crippen LogP contribution in [0.15, 0.2) is 14.6 Å². The molecule has 0 fully saturated rings. The first-order valence-electron chi connectivity index (χ1n) is 3.93. The number of rotatable bonds is 2. The van der Waals surface area contributed by atoms with E-state index in [-0.39, 0.29) is 5.43 Å². The third-order valence-electron chi connectivity index (χ3n) is 1.88. The van der Waals surface area contributed by atoms with Crippen LogP contribution in [-0.2, 0) is 0 Å². The lowest BCUT2D eigenvalue weighted by atomic mass is 10.3. The number of aromatic amines is 1. The van der Waals surface area contributed by atoms with Gasteiger partial charge in [-0.15, -0.1) is 23.5 Å². The Balaban J connectivity index is 3.49. The maximum atomic E-state index is 11.8. The summed E-state index contributed by atoms with van der Waals surface area (Å²) in [6.07, 6.45) is 3.86. The van der Waals surface area contributed by atoms with Gasteiger partial charge in [-0.05, 0) is 26.4 Å². The van der Waals surface area contributed by atoms with Crippen molar-refractivity contribution in [3.05, 3.63) is 21.6 Å². The fraction of sp³-hybridized carbons (Fsp3) is 0.444. The van der Waals surface area contributed by atoms with E-state index >= 15 is 0 Å². The maximum Gasteiger partial charge on any atom is 0.209 e. The Morgan fingerprint density at radius 2 is 1.38 bits per heavy atom. The van der Waals surface area contributed by atoms with E-state index in [1.54, 1.807) is 0 Å². The van der Waals surface area contributed by atoms with E-state index in [0.717, 1.165) is 21.2 Å². The number of hydrogen-bond acceptors (Lipinski definition) is 3. The van der Waals surface area contributed by atoms with Gasteiger partial charge in [-0.25, -0.2) is 0 Å². The van der Waals surface area contributed by atoms with Crippen molar-refractivity contribution in [3.63, 3.8) is 0 Å².